The number of rotatable bonds is 1. The van der Waals surface area contributed by atoms with Crippen LogP contribution in [0.5, 0.6) is 0 Å². The lowest BCUT2D eigenvalue weighted by molar-refractivity contribution is -0.145. The van der Waals surface area contributed by atoms with Gasteiger partial charge in [0.2, 0.25) is 0 Å². The summed E-state index contributed by atoms with van der Waals surface area (Å²) in [4.78, 5) is 12.7. The Balaban J connectivity index is 1.88. The first-order chi connectivity index (χ1) is 11.5. The van der Waals surface area contributed by atoms with Crippen molar-refractivity contribution in [3.63, 3.8) is 0 Å². The molecule has 4 aliphatic carbocycles. The molecule has 0 aromatic rings. The summed E-state index contributed by atoms with van der Waals surface area (Å²) in [5.74, 6) is -1.35. The molecule has 4 aliphatic rings. The van der Waals surface area contributed by atoms with E-state index in [-0.39, 0.29) is 42.5 Å². The van der Waals surface area contributed by atoms with Gasteiger partial charge >= 0.3 is 0 Å². The van der Waals surface area contributed by atoms with Crippen LogP contribution in [0.1, 0.15) is 34.1 Å². The van der Waals surface area contributed by atoms with Crippen molar-refractivity contribution < 1.29 is 25.2 Å². The minimum Gasteiger partial charge on any atom is -0.392 e. The maximum atomic E-state index is 12.7. The molecule has 0 heterocycles. The van der Waals surface area contributed by atoms with Crippen molar-refractivity contribution in [2.24, 2.45) is 35.0 Å². The summed E-state index contributed by atoms with van der Waals surface area (Å²) in [6, 6.07) is 0. The van der Waals surface area contributed by atoms with Gasteiger partial charge in [-0.2, -0.15) is 0 Å². The van der Waals surface area contributed by atoms with E-state index in [0.717, 1.165) is 0 Å². The number of carbonyl (C=O) groups is 1. The maximum absolute atomic E-state index is 12.7. The third-order valence-electron chi connectivity index (χ3n) is 7.86. The third-order valence-corrected chi connectivity index (χ3v) is 7.86. The monoisotopic (exact) mass is 348 g/mol. The number of carbonyl (C=O) groups excluding carboxylic acids is 1. The van der Waals surface area contributed by atoms with Gasteiger partial charge in [0.25, 0.3) is 0 Å². The molecule has 0 saturated heterocycles. The van der Waals surface area contributed by atoms with E-state index in [1.165, 1.54) is 0 Å². The predicted molar refractivity (Wildman–Crippen MR) is 91.4 cm³/mol. The number of hydrogen-bond donors (Lipinski definition) is 4. The van der Waals surface area contributed by atoms with Gasteiger partial charge in [-0.15, -0.1) is 0 Å². The van der Waals surface area contributed by atoms with Gasteiger partial charge in [-0.05, 0) is 35.8 Å². The van der Waals surface area contributed by atoms with E-state index in [0.29, 0.717) is 11.1 Å². The first kappa shape index (κ1) is 17.4. The quantitative estimate of drug-likeness (QED) is 0.526. The number of allylic oxidation sites excluding steroid dienone is 1. The van der Waals surface area contributed by atoms with Crippen LogP contribution >= 0.6 is 0 Å². The molecular formula is C20H28O5. The Bertz CT molecular complexity index is 707. The molecule has 0 aromatic heterocycles. The van der Waals surface area contributed by atoms with Gasteiger partial charge in [-0.1, -0.05) is 32.9 Å². The zero-order valence-corrected chi connectivity index (χ0v) is 15.2. The lowest BCUT2D eigenvalue weighted by Gasteiger charge is -2.45. The molecule has 8 atom stereocenters. The van der Waals surface area contributed by atoms with Crippen LogP contribution in [-0.2, 0) is 4.79 Å². The minimum atomic E-state index is -1.56. The molecule has 138 valence electrons. The van der Waals surface area contributed by atoms with Gasteiger partial charge in [0, 0.05) is 23.7 Å². The topological polar surface area (TPSA) is 98.0 Å². The highest BCUT2D eigenvalue weighted by Gasteiger charge is 2.80. The zero-order valence-electron chi connectivity index (χ0n) is 15.2. The summed E-state index contributed by atoms with van der Waals surface area (Å²) in [5, 5.41) is 43.0. The van der Waals surface area contributed by atoms with Crippen molar-refractivity contribution in [2.75, 3.05) is 6.61 Å². The molecule has 0 spiro atoms. The molecule has 5 nitrogen and oxygen atoms in total. The van der Waals surface area contributed by atoms with E-state index in [1.807, 2.05) is 32.9 Å². The van der Waals surface area contributed by atoms with Gasteiger partial charge in [-0.3, -0.25) is 4.79 Å². The van der Waals surface area contributed by atoms with E-state index < -0.39 is 28.6 Å². The van der Waals surface area contributed by atoms with Crippen LogP contribution in [0.4, 0.5) is 0 Å². The standard InChI is InChI=1S/C20H28O5/c1-9-5-13-14-10(2)17(23)20(25)15(18(20,3)4)12(14)6-11(8-21)7-19(13,24)16(9)22/h5-6,10,12-15,17,21,23-25H,7-8H2,1-4H3/t10-,12?,13-,14?,15+,17+,19+,20+/m0/s1. The fraction of sp³-hybridized carbons (Fsp3) is 0.750. The molecule has 2 saturated carbocycles. The highest BCUT2D eigenvalue weighted by Crippen LogP contribution is 2.73. The molecule has 0 amide bonds. The summed E-state index contributed by atoms with van der Waals surface area (Å²) < 4.78 is 0. The number of ketones is 1. The van der Waals surface area contributed by atoms with Gasteiger partial charge in [0.05, 0.1) is 12.7 Å². The summed E-state index contributed by atoms with van der Waals surface area (Å²) >= 11 is 0. The second-order valence-electron chi connectivity index (χ2n) is 9.27. The molecule has 2 fully saturated rings. The SMILES string of the molecule is CC1=C[C@H]2C3C(C=C(CO)C[C@]2(O)C1=O)[C@@H]1C(C)(C)[C@]1(O)[C@H](O)[C@H]3C. The molecule has 4 N–H and O–H groups in total. The average molecular weight is 348 g/mol. The van der Waals surface area contributed by atoms with Gasteiger partial charge in [0.15, 0.2) is 5.78 Å². The number of hydrogen-bond acceptors (Lipinski definition) is 5. The van der Waals surface area contributed by atoms with Gasteiger partial charge < -0.3 is 20.4 Å². The highest BCUT2D eigenvalue weighted by molar-refractivity contribution is 6.04. The van der Waals surface area contributed by atoms with Crippen molar-refractivity contribution in [2.45, 2.75) is 51.4 Å². The maximum Gasteiger partial charge on any atom is 0.190 e. The Kier molecular flexibility index (Phi) is 3.36. The molecule has 25 heavy (non-hydrogen) atoms. The molecule has 4 rings (SSSR count). The van der Waals surface area contributed by atoms with Crippen LogP contribution in [-0.4, -0.2) is 50.1 Å². The van der Waals surface area contributed by atoms with Gasteiger partial charge in [0.1, 0.15) is 11.2 Å². The summed E-state index contributed by atoms with van der Waals surface area (Å²) in [6.45, 7) is 7.32. The number of aliphatic hydroxyl groups is 4. The van der Waals surface area contributed by atoms with Crippen molar-refractivity contribution in [3.8, 4) is 0 Å². The third kappa shape index (κ3) is 1.80. The number of fused-ring (bicyclic) bond motifs is 5. The highest BCUT2D eigenvalue weighted by atomic mass is 16.4. The number of Topliss-reactive ketones (excluding diaryl/α,β-unsaturated/α-hetero) is 1. The lowest BCUT2D eigenvalue weighted by Crippen LogP contribution is -2.53. The van der Waals surface area contributed by atoms with Crippen LogP contribution in [0, 0.1) is 35.0 Å². The molecule has 2 unspecified atom stereocenters. The van der Waals surface area contributed by atoms with Crippen molar-refractivity contribution in [1.82, 2.24) is 0 Å². The fourth-order valence-electron chi connectivity index (χ4n) is 6.50. The van der Waals surface area contributed by atoms with Gasteiger partial charge in [-0.25, -0.2) is 0 Å². The van der Waals surface area contributed by atoms with E-state index in [4.69, 9.17) is 0 Å². The van der Waals surface area contributed by atoms with Crippen LogP contribution in [0.3, 0.4) is 0 Å². The number of aliphatic hydroxyl groups excluding tert-OH is 2. The molecule has 0 bridgehead atoms. The van der Waals surface area contributed by atoms with Crippen LogP contribution in [0.15, 0.2) is 23.3 Å². The first-order valence-electron chi connectivity index (χ1n) is 9.18. The van der Waals surface area contributed by atoms with Crippen LogP contribution < -0.4 is 0 Å². The Morgan fingerprint density at radius 3 is 2.48 bits per heavy atom. The second kappa shape index (κ2) is 4.83. The van der Waals surface area contributed by atoms with E-state index in [2.05, 4.69) is 0 Å². The molecule has 0 aliphatic heterocycles. The largest absolute Gasteiger partial charge is 0.392 e. The first-order valence-corrected chi connectivity index (χ1v) is 9.18. The molecule has 0 radical (unpaired) electrons. The van der Waals surface area contributed by atoms with E-state index >= 15 is 0 Å². The van der Waals surface area contributed by atoms with Crippen molar-refractivity contribution >= 4 is 5.78 Å². The second-order valence-corrected chi connectivity index (χ2v) is 9.27. The van der Waals surface area contributed by atoms with E-state index in [1.54, 1.807) is 6.92 Å². The average Bonchev–Trinajstić information content (AvgIpc) is 2.97. The van der Waals surface area contributed by atoms with Crippen LogP contribution in [0.25, 0.3) is 0 Å². The summed E-state index contributed by atoms with van der Waals surface area (Å²) in [7, 11) is 0. The Morgan fingerprint density at radius 2 is 1.88 bits per heavy atom. The van der Waals surface area contributed by atoms with Crippen molar-refractivity contribution in [1.29, 1.82) is 0 Å². The molecule has 0 aromatic carbocycles. The molecular weight excluding hydrogens is 320 g/mol. The predicted octanol–water partition coefficient (Wildman–Crippen LogP) is 0.815. The molecule has 5 heteroatoms. The fourth-order valence-corrected chi connectivity index (χ4v) is 6.50. The zero-order chi connectivity index (χ0) is 18.5. The normalized spacial score (nSPS) is 53.2. The Labute approximate surface area is 148 Å². The van der Waals surface area contributed by atoms with Crippen LogP contribution in [0.2, 0.25) is 0 Å². The van der Waals surface area contributed by atoms with E-state index in [9.17, 15) is 25.2 Å². The summed E-state index contributed by atoms with van der Waals surface area (Å²) in [5.41, 5.74) is -1.97. The summed E-state index contributed by atoms with van der Waals surface area (Å²) in [6.07, 6.45) is 3.02. The minimum absolute atomic E-state index is 0.0884. The lowest BCUT2D eigenvalue weighted by atomic mass is 9.62. The van der Waals surface area contributed by atoms with Crippen molar-refractivity contribution in [3.05, 3.63) is 23.3 Å². The Hall–Kier alpha value is -1.01. The Morgan fingerprint density at radius 1 is 1.24 bits per heavy atom. The smallest absolute Gasteiger partial charge is 0.190 e.